The first-order valence-corrected chi connectivity index (χ1v) is 14.4. The van der Waals surface area contributed by atoms with Crippen LogP contribution in [0.1, 0.15) is 31.9 Å². The zero-order valence-electron chi connectivity index (χ0n) is 24.2. The molecule has 2 aromatic rings. The third-order valence-corrected chi connectivity index (χ3v) is 6.83. The first-order valence-electron chi connectivity index (χ1n) is 13.3. The molecule has 0 aliphatic carbocycles. The van der Waals surface area contributed by atoms with Gasteiger partial charge in [-0.05, 0) is 11.1 Å². The van der Waals surface area contributed by atoms with Crippen molar-refractivity contribution < 1.29 is 61.2 Å². The summed E-state index contributed by atoms with van der Waals surface area (Å²) in [5.41, 5.74) is 1.76. The number of benzene rings is 2. The van der Waals surface area contributed by atoms with Crippen LogP contribution in [0.25, 0.3) is 0 Å². The molecule has 0 aromatic heterocycles. The molecule has 13 nitrogen and oxygen atoms in total. The van der Waals surface area contributed by atoms with Crippen LogP contribution in [0, 0.1) is 0 Å². The predicted octanol–water partition coefficient (Wildman–Crippen LogP) is 3.37. The topological polar surface area (TPSA) is 151 Å². The second-order valence-electron chi connectivity index (χ2n) is 9.19. The smallest absolute Gasteiger partial charge is 0.333 e. The first kappa shape index (κ1) is 34.0. The molecule has 0 radical (unpaired) electrons. The van der Waals surface area contributed by atoms with E-state index in [-0.39, 0.29) is 19.8 Å². The van der Waals surface area contributed by atoms with Gasteiger partial charge in [-0.25, -0.2) is 4.79 Å². The largest absolute Gasteiger partial charge is 0.467 e. The number of methoxy groups -OCH3 is 1. The third kappa shape index (κ3) is 11.6. The number of carbonyl (C=O) groups excluding carboxylic acids is 4. The fourth-order valence-corrected chi connectivity index (χ4v) is 4.98. The lowest BCUT2D eigenvalue weighted by molar-refractivity contribution is -0.306. The first-order chi connectivity index (χ1) is 20.7. The summed E-state index contributed by atoms with van der Waals surface area (Å²) in [6.07, 6.45) is -6.67. The van der Waals surface area contributed by atoms with Crippen LogP contribution in [-0.2, 0) is 74.4 Å². The molecule has 0 amide bonds. The molecule has 0 N–H and O–H groups in total. The molecule has 2 aromatic carbocycles. The van der Waals surface area contributed by atoms with Crippen molar-refractivity contribution in [1.29, 1.82) is 0 Å². The lowest BCUT2D eigenvalue weighted by Gasteiger charge is -2.44. The van der Waals surface area contributed by atoms with Gasteiger partial charge in [0.2, 0.25) is 0 Å². The molecular weight excluding hydrogens is 587 g/mol. The highest BCUT2D eigenvalue weighted by Crippen LogP contribution is 2.43. The predicted molar refractivity (Wildman–Crippen MR) is 149 cm³/mol. The van der Waals surface area contributed by atoms with Crippen molar-refractivity contribution in [3.8, 4) is 0 Å². The molecule has 14 heteroatoms. The highest BCUT2D eigenvalue weighted by molar-refractivity contribution is 7.41. The van der Waals surface area contributed by atoms with Gasteiger partial charge in [-0.15, -0.1) is 0 Å². The molecule has 0 spiro atoms. The zero-order valence-corrected chi connectivity index (χ0v) is 25.1. The fourth-order valence-electron chi connectivity index (χ4n) is 3.98. The lowest BCUT2D eigenvalue weighted by atomic mass is 9.98. The van der Waals surface area contributed by atoms with Crippen LogP contribution in [-0.4, -0.2) is 74.9 Å². The Kier molecular flexibility index (Phi) is 13.9. The van der Waals surface area contributed by atoms with E-state index in [9.17, 15) is 19.2 Å². The van der Waals surface area contributed by atoms with E-state index < -0.39 is 69.8 Å². The zero-order chi connectivity index (χ0) is 31.2. The maximum atomic E-state index is 12.1. The van der Waals surface area contributed by atoms with Gasteiger partial charge in [-0.1, -0.05) is 60.7 Å². The summed E-state index contributed by atoms with van der Waals surface area (Å²) in [7, 11) is -0.826. The molecule has 1 aliphatic rings. The SMILES string of the molecule is COC(=O)CO[C@H]1OC(COP(OCc2ccccc2)OCc2ccccc2)[C@@H](OC(C)=O)[C@H](OC(C)=O)C1OC(C)=O. The fraction of sp³-hybridized carbons (Fsp3) is 0.448. The summed E-state index contributed by atoms with van der Waals surface area (Å²) in [5, 5.41) is 0. The van der Waals surface area contributed by atoms with Crippen LogP contribution >= 0.6 is 8.60 Å². The molecule has 1 saturated heterocycles. The van der Waals surface area contributed by atoms with Gasteiger partial charge in [0.05, 0.1) is 26.9 Å². The molecule has 1 heterocycles. The van der Waals surface area contributed by atoms with E-state index in [1.54, 1.807) is 0 Å². The van der Waals surface area contributed by atoms with E-state index in [4.69, 9.17) is 37.3 Å². The minimum absolute atomic E-state index is 0.176. The van der Waals surface area contributed by atoms with Gasteiger partial charge in [-0.2, -0.15) is 0 Å². The van der Waals surface area contributed by atoms with E-state index >= 15 is 0 Å². The van der Waals surface area contributed by atoms with Crippen molar-refractivity contribution in [2.45, 2.75) is 64.7 Å². The molecule has 1 fully saturated rings. The Hall–Kier alpha value is -3.45. The van der Waals surface area contributed by atoms with E-state index in [1.165, 1.54) is 7.11 Å². The van der Waals surface area contributed by atoms with Gasteiger partial charge in [0.1, 0.15) is 12.7 Å². The molecule has 5 atom stereocenters. The second kappa shape index (κ2) is 17.6. The minimum Gasteiger partial charge on any atom is -0.467 e. The van der Waals surface area contributed by atoms with Crippen molar-refractivity contribution in [1.82, 2.24) is 0 Å². The Bertz CT molecular complexity index is 1140. The van der Waals surface area contributed by atoms with Crippen LogP contribution in [0.15, 0.2) is 60.7 Å². The van der Waals surface area contributed by atoms with Crippen LogP contribution in [0.3, 0.4) is 0 Å². The third-order valence-electron chi connectivity index (χ3n) is 5.79. The number of hydrogen-bond acceptors (Lipinski definition) is 13. The monoisotopic (exact) mass is 622 g/mol. The summed E-state index contributed by atoms with van der Waals surface area (Å²) in [6.45, 7) is 2.89. The number of rotatable bonds is 15. The number of carbonyl (C=O) groups is 4. The number of esters is 4. The number of ether oxygens (including phenoxy) is 6. The maximum Gasteiger partial charge on any atom is 0.333 e. The summed E-state index contributed by atoms with van der Waals surface area (Å²) < 4.78 is 50.3. The van der Waals surface area contributed by atoms with Crippen LogP contribution in [0.4, 0.5) is 0 Å². The summed E-state index contributed by atoms with van der Waals surface area (Å²) >= 11 is 0. The van der Waals surface area contributed by atoms with Crippen LogP contribution < -0.4 is 0 Å². The average molecular weight is 623 g/mol. The number of hydrogen-bond donors (Lipinski definition) is 0. The van der Waals surface area contributed by atoms with Gasteiger partial charge in [0.15, 0.2) is 24.6 Å². The average Bonchev–Trinajstić information content (AvgIpc) is 2.98. The van der Waals surface area contributed by atoms with Crippen molar-refractivity contribution >= 4 is 32.5 Å². The molecule has 0 bridgehead atoms. The Morgan fingerprint density at radius 1 is 0.698 bits per heavy atom. The lowest BCUT2D eigenvalue weighted by Crippen LogP contribution is -2.63. The van der Waals surface area contributed by atoms with Crippen molar-refractivity contribution in [3.05, 3.63) is 71.8 Å². The molecule has 1 aliphatic heterocycles. The quantitative estimate of drug-likeness (QED) is 0.162. The summed E-state index contributed by atoms with van der Waals surface area (Å²) in [5.74, 6) is -2.99. The maximum absolute atomic E-state index is 12.1. The highest BCUT2D eigenvalue weighted by atomic mass is 31.2. The van der Waals surface area contributed by atoms with Crippen LogP contribution in [0.2, 0.25) is 0 Å². The van der Waals surface area contributed by atoms with E-state index in [0.717, 1.165) is 31.9 Å². The van der Waals surface area contributed by atoms with Gasteiger partial charge in [0, 0.05) is 20.8 Å². The van der Waals surface area contributed by atoms with Gasteiger partial charge in [-0.3, -0.25) is 14.4 Å². The van der Waals surface area contributed by atoms with Crippen LogP contribution in [0.5, 0.6) is 0 Å². The Morgan fingerprint density at radius 2 is 1.19 bits per heavy atom. The van der Waals surface area contributed by atoms with E-state index in [0.29, 0.717) is 0 Å². The Labute approximate surface area is 250 Å². The Balaban J connectivity index is 1.84. The normalized spacial score (nSPS) is 21.6. The minimum atomic E-state index is -1.99. The van der Waals surface area contributed by atoms with Gasteiger partial charge < -0.3 is 42.0 Å². The van der Waals surface area contributed by atoms with Crippen molar-refractivity contribution in [2.75, 3.05) is 20.3 Å². The summed E-state index contributed by atoms with van der Waals surface area (Å²) in [4.78, 5) is 47.9. The molecule has 0 saturated carbocycles. The molecule has 3 rings (SSSR count). The molecular formula is C29H35O13P. The van der Waals surface area contributed by atoms with E-state index in [2.05, 4.69) is 4.74 Å². The standard InChI is InChI=1S/C29H35O13P/c1-19(30)39-26-24(42-29(35-18-25(33)34-4)28(41-21(3)32)27(26)40-20(2)31)17-38-43(36-15-22-11-7-5-8-12-22)37-16-23-13-9-6-10-14-23/h5-14,24,26-29H,15-18H2,1-4H3/t24?,26-,27+,28?,29+/m1/s1. The van der Waals surface area contributed by atoms with Crippen molar-refractivity contribution in [2.24, 2.45) is 0 Å². The van der Waals surface area contributed by atoms with Gasteiger partial charge >= 0.3 is 32.5 Å². The molecule has 43 heavy (non-hydrogen) atoms. The van der Waals surface area contributed by atoms with Gasteiger partial charge in [0.25, 0.3) is 0 Å². The van der Waals surface area contributed by atoms with E-state index in [1.807, 2.05) is 60.7 Å². The highest BCUT2D eigenvalue weighted by Gasteiger charge is 2.53. The second-order valence-corrected chi connectivity index (χ2v) is 10.4. The Morgan fingerprint density at radius 3 is 1.67 bits per heavy atom. The molecule has 234 valence electrons. The molecule has 2 unspecified atom stereocenters. The van der Waals surface area contributed by atoms with Crippen molar-refractivity contribution in [3.63, 3.8) is 0 Å². The summed E-state index contributed by atoms with van der Waals surface area (Å²) in [6, 6.07) is 18.8.